The lowest BCUT2D eigenvalue weighted by atomic mass is 10.1. The molecule has 0 radical (unpaired) electrons. The highest BCUT2D eigenvalue weighted by Gasteiger charge is 2.19. The molecule has 160 valence electrons. The van der Waals surface area contributed by atoms with Gasteiger partial charge in [-0.2, -0.15) is 0 Å². The van der Waals surface area contributed by atoms with E-state index in [1.807, 2.05) is 0 Å². The lowest BCUT2D eigenvalue weighted by Crippen LogP contribution is -2.16. The second-order valence-electron chi connectivity index (χ2n) is 6.47. The number of amides is 1. The molecular weight excluding hydrogens is 465 g/mol. The van der Waals surface area contributed by atoms with Crippen molar-refractivity contribution in [3.05, 3.63) is 92.0 Å². The van der Waals surface area contributed by atoms with Gasteiger partial charge in [-0.25, -0.2) is 8.42 Å². The van der Waals surface area contributed by atoms with Crippen molar-refractivity contribution in [2.24, 2.45) is 0 Å². The smallest absolute Gasteiger partial charge is 0.271 e. The standard InChI is InChI=1S/C20H15Cl2N3O5S/c1-12-5-7-16(25(27)28)11-18(12)23-20(26)13-3-2-4-15(9-13)24-31(29,30)19-10-14(21)6-8-17(19)22/h2-11,24H,1H3,(H,23,26). The molecule has 0 spiro atoms. The molecule has 0 aliphatic rings. The monoisotopic (exact) mass is 479 g/mol. The molecule has 2 N–H and O–H groups in total. The minimum Gasteiger partial charge on any atom is -0.321 e. The van der Waals surface area contributed by atoms with Gasteiger partial charge in [0.15, 0.2) is 0 Å². The SMILES string of the molecule is Cc1ccc([N+](=O)[O-])cc1NC(=O)c1cccc(NS(=O)(=O)c2cc(Cl)ccc2Cl)c1. The zero-order valence-electron chi connectivity index (χ0n) is 15.9. The van der Waals surface area contributed by atoms with Crippen LogP contribution >= 0.6 is 23.2 Å². The largest absolute Gasteiger partial charge is 0.321 e. The molecule has 8 nitrogen and oxygen atoms in total. The van der Waals surface area contributed by atoms with Crippen molar-refractivity contribution in [1.29, 1.82) is 0 Å². The van der Waals surface area contributed by atoms with E-state index in [0.29, 0.717) is 5.56 Å². The third-order valence-corrected chi connectivity index (χ3v) is 6.34. The Bertz CT molecular complexity index is 1300. The predicted octanol–water partition coefficient (Wildman–Crippen LogP) is 5.26. The molecular formula is C20H15Cl2N3O5S. The summed E-state index contributed by atoms with van der Waals surface area (Å²) < 4.78 is 27.7. The van der Waals surface area contributed by atoms with E-state index < -0.39 is 20.9 Å². The van der Waals surface area contributed by atoms with Crippen LogP contribution in [0.5, 0.6) is 0 Å². The number of halogens is 2. The molecule has 3 aromatic rings. The van der Waals surface area contributed by atoms with Gasteiger partial charge < -0.3 is 5.32 Å². The summed E-state index contributed by atoms with van der Waals surface area (Å²) in [5.74, 6) is -0.564. The van der Waals surface area contributed by atoms with Crippen LogP contribution in [0.3, 0.4) is 0 Å². The fraction of sp³-hybridized carbons (Fsp3) is 0.0500. The van der Waals surface area contributed by atoms with Gasteiger partial charge in [-0.15, -0.1) is 0 Å². The predicted molar refractivity (Wildman–Crippen MR) is 119 cm³/mol. The third-order valence-electron chi connectivity index (χ3n) is 4.24. The Morgan fingerprint density at radius 1 is 1.03 bits per heavy atom. The van der Waals surface area contributed by atoms with E-state index in [9.17, 15) is 23.3 Å². The van der Waals surface area contributed by atoms with Crippen molar-refractivity contribution in [1.82, 2.24) is 0 Å². The summed E-state index contributed by atoms with van der Waals surface area (Å²) in [4.78, 5) is 22.8. The van der Waals surface area contributed by atoms with Gasteiger partial charge in [0.2, 0.25) is 0 Å². The van der Waals surface area contributed by atoms with E-state index in [1.165, 1.54) is 60.7 Å². The van der Waals surface area contributed by atoms with Crippen LogP contribution in [0.4, 0.5) is 17.1 Å². The number of nitro groups is 1. The summed E-state index contributed by atoms with van der Waals surface area (Å²) in [7, 11) is -4.06. The van der Waals surface area contributed by atoms with Crippen molar-refractivity contribution >= 4 is 56.2 Å². The van der Waals surface area contributed by atoms with Crippen LogP contribution in [0.15, 0.2) is 65.6 Å². The number of carbonyl (C=O) groups excluding carboxylic acids is 1. The van der Waals surface area contributed by atoms with E-state index in [4.69, 9.17) is 23.2 Å². The maximum absolute atomic E-state index is 12.7. The lowest BCUT2D eigenvalue weighted by Gasteiger charge is -2.12. The van der Waals surface area contributed by atoms with E-state index in [-0.39, 0.29) is 37.6 Å². The van der Waals surface area contributed by atoms with Crippen molar-refractivity contribution in [3.63, 3.8) is 0 Å². The molecule has 1 amide bonds. The number of non-ortho nitro benzene ring substituents is 1. The molecule has 0 atom stereocenters. The molecule has 0 heterocycles. The molecule has 31 heavy (non-hydrogen) atoms. The number of benzene rings is 3. The summed E-state index contributed by atoms with van der Waals surface area (Å²) >= 11 is 11.8. The lowest BCUT2D eigenvalue weighted by molar-refractivity contribution is -0.384. The number of nitrogens with one attached hydrogen (secondary N) is 2. The zero-order valence-corrected chi connectivity index (χ0v) is 18.3. The van der Waals surface area contributed by atoms with Gasteiger partial charge in [0.25, 0.3) is 21.6 Å². The maximum atomic E-state index is 12.7. The third kappa shape index (κ3) is 5.32. The Morgan fingerprint density at radius 2 is 1.77 bits per heavy atom. The van der Waals surface area contributed by atoms with Crippen LogP contribution in [0.2, 0.25) is 10.0 Å². The minimum absolute atomic E-state index is 0.00746. The second-order valence-corrected chi connectivity index (χ2v) is 8.97. The van der Waals surface area contributed by atoms with Gasteiger partial charge in [0.05, 0.1) is 15.6 Å². The molecule has 0 saturated heterocycles. The maximum Gasteiger partial charge on any atom is 0.271 e. The highest BCUT2D eigenvalue weighted by atomic mass is 35.5. The first-order valence-corrected chi connectivity index (χ1v) is 10.9. The van der Waals surface area contributed by atoms with E-state index >= 15 is 0 Å². The van der Waals surface area contributed by atoms with Gasteiger partial charge in [-0.1, -0.05) is 35.3 Å². The normalized spacial score (nSPS) is 11.1. The first-order chi connectivity index (χ1) is 14.6. The van der Waals surface area contributed by atoms with Crippen LogP contribution in [0.25, 0.3) is 0 Å². The number of anilines is 2. The molecule has 0 fully saturated rings. The number of hydrogen-bond donors (Lipinski definition) is 2. The summed E-state index contributed by atoms with van der Waals surface area (Å²) in [6.45, 7) is 1.69. The molecule has 11 heteroatoms. The van der Waals surface area contributed by atoms with Crippen LogP contribution < -0.4 is 10.0 Å². The first kappa shape index (κ1) is 22.5. The quantitative estimate of drug-likeness (QED) is 0.368. The van der Waals surface area contributed by atoms with Gasteiger partial charge in [-0.3, -0.25) is 19.6 Å². The molecule has 3 aromatic carbocycles. The van der Waals surface area contributed by atoms with Gasteiger partial charge >= 0.3 is 0 Å². The van der Waals surface area contributed by atoms with Crippen molar-refractivity contribution in [2.75, 3.05) is 10.0 Å². The average Bonchev–Trinajstić information content (AvgIpc) is 2.71. The van der Waals surface area contributed by atoms with Crippen molar-refractivity contribution in [2.45, 2.75) is 11.8 Å². The number of nitrogens with zero attached hydrogens (tertiary/aromatic N) is 1. The van der Waals surface area contributed by atoms with Crippen molar-refractivity contribution in [3.8, 4) is 0 Å². The molecule has 0 aliphatic carbocycles. The Kier molecular flexibility index (Phi) is 6.49. The van der Waals surface area contributed by atoms with Crippen molar-refractivity contribution < 1.29 is 18.1 Å². The van der Waals surface area contributed by atoms with Gasteiger partial charge in [0, 0.05) is 28.4 Å². The Morgan fingerprint density at radius 3 is 2.48 bits per heavy atom. The molecule has 0 saturated carbocycles. The highest BCUT2D eigenvalue weighted by molar-refractivity contribution is 7.92. The molecule has 0 aromatic heterocycles. The Balaban J connectivity index is 1.85. The average molecular weight is 480 g/mol. The van der Waals surface area contributed by atoms with Crippen LogP contribution in [0.1, 0.15) is 15.9 Å². The molecule has 0 unspecified atom stereocenters. The Labute approximate surface area is 188 Å². The van der Waals surface area contributed by atoms with E-state index in [1.54, 1.807) is 6.92 Å². The first-order valence-electron chi connectivity index (χ1n) is 8.71. The number of carbonyl (C=O) groups is 1. The molecule has 0 bridgehead atoms. The summed E-state index contributed by atoms with van der Waals surface area (Å²) in [6.07, 6.45) is 0. The second kappa shape index (κ2) is 8.93. The number of aryl methyl sites for hydroxylation is 1. The van der Waals surface area contributed by atoms with Crippen LogP contribution in [-0.4, -0.2) is 19.2 Å². The summed E-state index contributed by atoms with van der Waals surface area (Å²) in [5.41, 5.74) is 1.01. The van der Waals surface area contributed by atoms with E-state index in [0.717, 1.165) is 0 Å². The van der Waals surface area contributed by atoms with Crippen LogP contribution in [-0.2, 0) is 10.0 Å². The molecule has 3 rings (SSSR count). The van der Waals surface area contributed by atoms with Gasteiger partial charge in [-0.05, 0) is 48.9 Å². The fourth-order valence-electron chi connectivity index (χ4n) is 2.67. The number of rotatable bonds is 6. The zero-order chi connectivity index (χ0) is 22.8. The molecule has 0 aliphatic heterocycles. The topological polar surface area (TPSA) is 118 Å². The van der Waals surface area contributed by atoms with Crippen LogP contribution in [0, 0.1) is 17.0 Å². The highest BCUT2D eigenvalue weighted by Crippen LogP contribution is 2.27. The number of nitro benzene ring substituents is 1. The summed E-state index contributed by atoms with van der Waals surface area (Å²) in [6, 6.07) is 13.9. The van der Waals surface area contributed by atoms with E-state index in [2.05, 4.69) is 10.0 Å². The number of sulfonamides is 1. The summed E-state index contributed by atoms with van der Waals surface area (Å²) in [5, 5.41) is 13.8. The Hall–Kier alpha value is -3.14. The minimum atomic E-state index is -4.06. The van der Waals surface area contributed by atoms with Gasteiger partial charge in [0.1, 0.15) is 4.90 Å². The fourth-order valence-corrected chi connectivity index (χ4v) is 4.48. The number of hydrogen-bond acceptors (Lipinski definition) is 5.